The lowest BCUT2D eigenvalue weighted by atomic mass is 10.3. The van der Waals surface area contributed by atoms with Crippen LogP contribution in [0.25, 0.3) is 11.0 Å². The Morgan fingerprint density at radius 3 is 2.79 bits per heavy atom. The smallest absolute Gasteiger partial charge is 0.237 e. The number of hydrogen-bond donors (Lipinski definition) is 1. The molecular formula is C13H12N6. The van der Waals surface area contributed by atoms with Crippen molar-refractivity contribution in [3.05, 3.63) is 24.5 Å². The summed E-state index contributed by atoms with van der Waals surface area (Å²) in [5.41, 5.74) is 3.96. The molecule has 0 aliphatic carbocycles. The first-order valence-corrected chi connectivity index (χ1v) is 5.76. The van der Waals surface area contributed by atoms with Crippen molar-refractivity contribution < 1.29 is 0 Å². The quantitative estimate of drug-likeness (QED) is 0.671. The van der Waals surface area contributed by atoms with Gasteiger partial charge in [-0.05, 0) is 26.0 Å². The van der Waals surface area contributed by atoms with Crippen molar-refractivity contribution in [1.29, 1.82) is 10.5 Å². The lowest BCUT2D eigenvalue weighted by Crippen LogP contribution is -2.00. The summed E-state index contributed by atoms with van der Waals surface area (Å²) in [6.45, 7) is 4.17. The van der Waals surface area contributed by atoms with E-state index in [2.05, 4.69) is 33.9 Å². The molecule has 0 aliphatic rings. The van der Waals surface area contributed by atoms with Gasteiger partial charge in [-0.2, -0.15) is 15.6 Å². The first-order chi connectivity index (χ1) is 9.15. The number of nitrogens with zero attached hydrogens (tertiary/aromatic N) is 5. The van der Waals surface area contributed by atoms with Crippen LogP contribution in [0.1, 0.15) is 19.9 Å². The highest BCUT2D eigenvalue weighted by Crippen LogP contribution is 2.20. The first-order valence-electron chi connectivity index (χ1n) is 5.76. The van der Waals surface area contributed by atoms with Gasteiger partial charge >= 0.3 is 0 Å². The Balaban J connectivity index is 2.32. The van der Waals surface area contributed by atoms with Crippen molar-refractivity contribution in [2.24, 2.45) is 5.10 Å². The number of nitriles is 2. The number of nitrogens with one attached hydrogen (secondary N) is 1. The number of fused-ring (bicyclic) bond motifs is 1. The highest BCUT2D eigenvalue weighted by Gasteiger charge is 2.06. The van der Waals surface area contributed by atoms with Crippen LogP contribution in [0.5, 0.6) is 0 Å². The van der Waals surface area contributed by atoms with Crippen LogP contribution in [0.4, 0.5) is 5.69 Å². The average molecular weight is 252 g/mol. The lowest BCUT2D eigenvalue weighted by Gasteiger charge is -2.08. The fourth-order valence-electron chi connectivity index (χ4n) is 1.72. The molecule has 2 rings (SSSR count). The Hall–Kier alpha value is -2.86. The predicted octanol–water partition coefficient (Wildman–Crippen LogP) is 2.43. The Morgan fingerprint density at radius 2 is 2.16 bits per heavy atom. The summed E-state index contributed by atoms with van der Waals surface area (Å²) in [7, 11) is 0. The molecule has 6 nitrogen and oxygen atoms in total. The Kier molecular flexibility index (Phi) is 3.44. The maximum atomic E-state index is 8.58. The van der Waals surface area contributed by atoms with Gasteiger partial charge in [0.15, 0.2) is 0 Å². The van der Waals surface area contributed by atoms with Crippen LogP contribution in [0.2, 0.25) is 0 Å². The van der Waals surface area contributed by atoms with Crippen molar-refractivity contribution >= 4 is 22.4 Å². The van der Waals surface area contributed by atoms with Gasteiger partial charge in [0.1, 0.15) is 17.8 Å². The molecular weight excluding hydrogens is 240 g/mol. The fourth-order valence-corrected chi connectivity index (χ4v) is 1.72. The highest BCUT2D eigenvalue weighted by atomic mass is 15.3. The van der Waals surface area contributed by atoms with Gasteiger partial charge in [-0.1, -0.05) is 0 Å². The minimum atomic E-state index is -0.222. The van der Waals surface area contributed by atoms with E-state index in [9.17, 15) is 0 Å². The zero-order chi connectivity index (χ0) is 13.8. The van der Waals surface area contributed by atoms with E-state index in [1.807, 2.05) is 18.3 Å². The molecule has 1 N–H and O–H groups in total. The summed E-state index contributed by atoms with van der Waals surface area (Å²) < 4.78 is 2.07. The number of aromatic nitrogens is 2. The van der Waals surface area contributed by atoms with E-state index in [0.717, 1.165) is 11.0 Å². The number of pyridine rings is 1. The molecule has 2 aromatic heterocycles. The van der Waals surface area contributed by atoms with Crippen LogP contribution in [0.15, 0.2) is 29.6 Å². The summed E-state index contributed by atoms with van der Waals surface area (Å²) >= 11 is 0. The van der Waals surface area contributed by atoms with Crippen molar-refractivity contribution in [1.82, 2.24) is 9.55 Å². The van der Waals surface area contributed by atoms with Crippen LogP contribution >= 0.6 is 0 Å². The monoisotopic (exact) mass is 252 g/mol. The van der Waals surface area contributed by atoms with Gasteiger partial charge in [0, 0.05) is 17.6 Å². The molecule has 0 atom stereocenters. The second kappa shape index (κ2) is 5.19. The van der Waals surface area contributed by atoms with Gasteiger partial charge in [0.05, 0.1) is 11.9 Å². The molecule has 2 heterocycles. The second-order valence-corrected chi connectivity index (χ2v) is 4.25. The van der Waals surface area contributed by atoms with E-state index in [-0.39, 0.29) is 5.71 Å². The zero-order valence-corrected chi connectivity index (χ0v) is 10.6. The van der Waals surface area contributed by atoms with Crippen LogP contribution in [0, 0.1) is 22.7 Å². The molecule has 0 aromatic carbocycles. The van der Waals surface area contributed by atoms with Gasteiger partial charge in [-0.25, -0.2) is 4.98 Å². The van der Waals surface area contributed by atoms with E-state index in [1.54, 1.807) is 18.3 Å². The molecule has 0 unspecified atom stereocenters. The lowest BCUT2D eigenvalue weighted by molar-refractivity contribution is 0.618. The fraction of sp³-hybridized carbons (Fsp3) is 0.231. The van der Waals surface area contributed by atoms with E-state index < -0.39 is 0 Å². The van der Waals surface area contributed by atoms with Crippen molar-refractivity contribution in [3.63, 3.8) is 0 Å². The Labute approximate surface area is 110 Å². The number of anilines is 1. The van der Waals surface area contributed by atoms with E-state index in [0.29, 0.717) is 11.7 Å². The molecule has 0 saturated heterocycles. The van der Waals surface area contributed by atoms with Crippen LogP contribution in [-0.2, 0) is 0 Å². The zero-order valence-electron chi connectivity index (χ0n) is 10.6. The highest BCUT2D eigenvalue weighted by molar-refractivity contribution is 6.10. The number of hydrazone groups is 1. The van der Waals surface area contributed by atoms with E-state index in [1.165, 1.54) is 0 Å². The van der Waals surface area contributed by atoms with Crippen molar-refractivity contribution in [2.45, 2.75) is 19.9 Å². The third-order valence-electron chi connectivity index (χ3n) is 2.62. The van der Waals surface area contributed by atoms with Crippen molar-refractivity contribution in [3.8, 4) is 12.1 Å². The molecule has 0 radical (unpaired) electrons. The molecule has 19 heavy (non-hydrogen) atoms. The molecule has 0 saturated carbocycles. The van der Waals surface area contributed by atoms with Gasteiger partial charge in [0.2, 0.25) is 5.71 Å². The summed E-state index contributed by atoms with van der Waals surface area (Å²) in [4.78, 5) is 4.36. The van der Waals surface area contributed by atoms with Crippen molar-refractivity contribution in [2.75, 3.05) is 5.43 Å². The molecule has 94 valence electrons. The normalized spacial score (nSPS) is 9.95. The summed E-state index contributed by atoms with van der Waals surface area (Å²) in [5, 5.41) is 21.8. The minimum absolute atomic E-state index is 0.222. The van der Waals surface area contributed by atoms with E-state index in [4.69, 9.17) is 10.5 Å². The van der Waals surface area contributed by atoms with Crippen LogP contribution < -0.4 is 5.43 Å². The Bertz CT molecular complexity index is 695. The Morgan fingerprint density at radius 1 is 1.42 bits per heavy atom. The molecule has 0 aliphatic heterocycles. The summed E-state index contributed by atoms with van der Waals surface area (Å²) in [5.74, 6) is 0. The SMILES string of the molecule is CC(C)n1ccc2cc(NN=C(C#N)C#N)cnc21. The predicted molar refractivity (Wildman–Crippen MR) is 72.4 cm³/mol. The molecule has 0 amide bonds. The number of hydrogen-bond acceptors (Lipinski definition) is 5. The third-order valence-corrected chi connectivity index (χ3v) is 2.62. The van der Waals surface area contributed by atoms with Gasteiger partial charge in [-0.15, -0.1) is 0 Å². The van der Waals surface area contributed by atoms with Gasteiger partial charge < -0.3 is 4.57 Å². The molecule has 2 aromatic rings. The summed E-state index contributed by atoms with van der Waals surface area (Å²) in [6.07, 6.45) is 3.60. The summed E-state index contributed by atoms with van der Waals surface area (Å²) in [6, 6.07) is 7.54. The van der Waals surface area contributed by atoms with Crippen LogP contribution in [0.3, 0.4) is 0 Å². The second-order valence-electron chi connectivity index (χ2n) is 4.25. The van der Waals surface area contributed by atoms with Gasteiger partial charge in [-0.3, -0.25) is 5.43 Å². The maximum absolute atomic E-state index is 8.58. The first kappa shape index (κ1) is 12.6. The molecule has 6 heteroatoms. The van der Waals surface area contributed by atoms with E-state index >= 15 is 0 Å². The average Bonchev–Trinajstić information content (AvgIpc) is 2.83. The van der Waals surface area contributed by atoms with Crippen LogP contribution in [-0.4, -0.2) is 15.3 Å². The molecule has 0 bridgehead atoms. The number of rotatable bonds is 3. The van der Waals surface area contributed by atoms with Gasteiger partial charge in [0.25, 0.3) is 0 Å². The third kappa shape index (κ3) is 2.53. The largest absolute Gasteiger partial charge is 0.330 e. The topological polar surface area (TPSA) is 89.8 Å². The molecule has 0 fully saturated rings. The standard InChI is InChI=1S/C13H12N6/c1-9(2)19-4-3-10-5-11(8-16-13(10)19)17-18-12(6-14)7-15/h3-5,8-9,17H,1-2H3. The maximum Gasteiger partial charge on any atom is 0.237 e. The molecule has 0 spiro atoms. The minimum Gasteiger partial charge on any atom is -0.330 e.